The van der Waals surface area contributed by atoms with Gasteiger partial charge in [0.05, 0.1) is 6.61 Å². The van der Waals surface area contributed by atoms with Gasteiger partial charge in [0.1, 0.15) is 19.3 Å². The van der Waals surface area contributed by atoms with E-state index in [-0.39, 0.29) is 6.01 Å². The number of nitrogens with zero attached hydrogens (tertiary/aromatic N) is 6. The van der Waals surface area contributed by atoms with Gasteiger partial charge in [-0.05, 0) is 6.42 Å². The van der Waals surface area contributed by atoms with Gasteiger partial charge in [0, 0.05) is 13.7 Å². The van der Waals surface area contributed by atoms with Crippen molar-refractivity contribution in [3.05, 3.63) is 12.7 Å². The monoisotopic (exact) mass is 293 g/mol. The molecule has 0 aliphatic rings. The van der Waals surface area contributed by atoms with Crippen molar-refractivity contribution in [2.75, 3.05) is 32.2 Å². The van der Waals surface area contributed by atoms with Crippen LogP contribution in [0.4, 0.5) is 5.95 Å². The molecule has 1 N–H and O–H groups in total. The molecule has 9 nitrogen and oxygen atoms in total. The minimum Gasteiger partial charge on any atom is -0.461 e. The molecule has 0 amide bonds. The van der Waals surface area contributed by atoms with Crippen molar-refractivity contribution in [3.63, 3.8) is 0 Å². The normalized spacial score (nSPS) is 10.6. The van der Waals surface area contributed by atoms with E-state index in [0.717, 1.165) is 19.4 Å². The summed E-state index contributed by atoms with van der Waals surface area (Å²) in [6.07, 6.45) is 5.07. The second-order valence-electron chi connectivity index (χ2n) is 4.15. The standard InChI is InChI=1S/C12H19N7O2/c1-3-4-5-20-6-7-21-12-17-10(13-2)16-11(18-12)19-9-14-8-15-19/h8-9H,3-7H2,1-2H3,(H,13,16,17,18). The topological polar surface area (TPSA) is 99.9 Å². The maximum Gasteiger partial charge on any atom is 0.323 e. The lowest BCUT2D eigenvalue weighted by molar-refractivity contribution is 0.0947. The smallest absolute Gasteiger partial charge is 0.323 e. The molecule has 21 heavy (non-hydrogen) atoms. The molecule has 2 aromatic rings. The van der Waals surface area contributed by atoms with Crippen molar-refractivity contribution in [1.82, 2.24) is 29.7 Å². The fourth-order valence-electron chi connectivity index (χ4n) is 1.48. The van der Waals surface area contributed by atoms with Crippen LogP contribution in [0.2, 0.25) is 0 Å². The van der Waals surface area contributed by atoms with Gasteiger partial charge in [-0.25, -0.2) is 4.98 Å². The molecule has 0 saturated carbocycles. The van der Waals surface area contributed by atoms with Crippen LogP contribution in [-0.4, -0.2) is 56.6 Å². The van der Waals surface area contributed by atoms with Crippen molar-refractivity contribution >= 4 is 5.95 Å². The van der Waals surface area contributed by atoms with Crippen LogP contribution in [0.15, 0.2) is 12.7 Å². The zero-order valence-corrected chi connectivity index (χ0v) is 12.2. The van der Waals surface area contributed by atoms with Gasteiger partial charge in [-0.1, -0.05) is 13.3 Å². The van der Waals surface area contributed by atoms with Crippen LogP contribution in [0.5, 0.6) is 6.01 Å². The number of aromatic nitrogens is 6. The third-order valence-electron chi connectivity index (χ3n) is 2.55. The van der Waals surface area contributed by atoms with E-state index < -0.39 is 0 Å². The van der Waals surface area contributed by atoms with Crippen molar-refractivity contribution in [2.24, 2.45) is 0 Å². The van der Waals surface area contributed by atoms with Gasteiger partial charge in [0.25, 0.3) is 5.95 Å². The molecule has 0 aliphatic carbocycles. The Morgan fingerprint density at radius 2 is 2.10 bits per heavy atom. The molecule has 0 bridgehead atoms. The van der Waals surface area contributed by atoms with E-state index in [1.54, 1.807) is 7.05 Å². The Morgan fingerprint density at radius 1 is 1.19 bits per heavy atom. The van der Waals surface area contributed by atoms with Gasteiger partial charge in [-0.15, -0.1) is 0 Å². The van der Waals surface area contributed by atoms with Crippen LogP contribution in [0, 0.1) is 0 Å². The lowest BCUT2D eigenvalue weighted by Crippen LogP contribution is -2.13. The van der Waals surface area contributed by atoms with Crippen LogP contribution >= 0.6 is 0 Å². The number of nitrogens with one attached hydrogen (secondary N) is 1. The van der Waals surface area contributed by atoms with Crippen molar-refractivity contribution in [3.8, 4) is 12.0 Å². The summed E-state index contributed by atoms with van der Waals surface area (Å²) >= 11 is 0. The minimum absolute atomic E-state index is 0.221. The zero-order valence-electron chi connectivity index (χ0n) is 12.2. The highest BCUT2D eigenvalue weighted by Crippen LogP contribution is 2.09. The van der Waals surface area contributed by atoms with Gasteiger partial charge in [-0.3, -0.25) is 0 Å². The SMILES string of the molecule is CCCCOCCOc1nc(NC)nc(-n2cncn2)n1. The van der Waals surface area contributed by atoms with Crippen LogP contribution in [0.3, 0.4) is 0 Å². The highest BCUT2D eigenvalue weighted by Gasteiger charge is 2.08. The fourth-order valence-corrected chi connectivity index (χ4v) is 1.48. The number of hydrogen-bond donors (Lipinski definition) is 1. The third kappa shape index (κ3) is 4.63. The molecule has 9 heteroatoms. The summed E-state index contributed by atoms with van der Waals surface area (Å²) in [4.78, 5) is 16.3. The zero-order chi connectivity index (χ0) is 14.9. The van der Waals surface area contributed by atoms with Crippen LogP contribution in [0.1, 0.15) is 19.8 Å². The minimum atomic E-state index is 0.221. The summed E-state index contributed by atoms with van der Waals surface area (Å²) in [5.74, 6) is 0.742. The molecular weight excluding hydrogens is 274 g/mol. The third-order valence-corrected chi connectivity index (χ3v) is 2.55. The van der Waals surface area contributed by atoms with Crippen LogP contribution in [0.25, 0.3) is 5.95 Å². The molecule has 0 radical (unpaired) electrons. The second-order valence-corrected chi connectivity index (χ2v) is 4.15. The van der Waals surface area contributed by atoms with Crippen LogP contribution < -0.4 is 10.1 Å². The quantitative estimate of drug-likeness (QED) is 0.674. The van der Waals surface area contributed by atoms with Gasteiger partial charge in [0.2, 0.25) is 5.95 Å². The molecule has 0 fully saturated rings. The van der Waals surface area contributed by atoms with E-state index >= 15 is 0 Å². The molecule has 0 atom stereocenters. The summed E-state index contributed by atoms with van der Waals surface area (Å²) in [6.45, 7) is 3.74. The first-order valence-electron chi connectivity index (χ1n) is 6.83. The Morgan fingerprint density at radius 3 is 2.81 bits per heavy atom. The molecule has 0 aromatic carbocycles. The summed E-state index contributed by atoms with van der Waals surface area (Å²) in [7, 11) is 1.72. The second kappa shape index (κ2) is 8.10. The average molecular weight is 293 g/mol. The Kier molecular flexibility index (Phi) is 5.83. The first kappa shape index (κ1) is 15.1. The van der Waals surface area contributed by atoms with E-state index in [0.29, 0.717) is 25.1 Å². The lowest BCUT2D eigenvalue weighted by Gasteiger charge is -2.08. The Bertz CT molecular complexity index is 532. The molecule has 0 spiro atoms. The molecule has 0 unspecified atom stereocenters. The molecule has 0 aliphatic heterocycles. The first-order valence-corrected chi connectivity index (χ1v) is 6.83. The predicted octanol–water partition coefficient (Wildman–Crippen LogP) is 0.689. The number of rotatable bonds is 9. The lowest BCUT2D eigenvalue weighted by atomic mass is 10.4. The van der Waals surface area contributed by atoms with E-state index in [1.807, 2.05) is 0 Å². The summed E-state index contributed by atoms with van der Waals surface area (Å²) in [6, 6.07) is 0.221. The van der Waals surface area contributed by atoms with Crippen molar-refractivity contribution in [2.45, 2.75) is 19.8 Å². The Labute approximate surface area is 122 Å². The maximum absolute atomic E-state index is 5.48. The van der Waals surface area contributed by atoms with Crippen LogP contribution in [-0.2, 0) is 4.74 Å². The highest BCUT2D eigenvalue weighted by atomic mass is 16.5. The Balaban J connectivity index is 1.94. The number of unbranched alkanes of at least 4 members (excludes halogenated alkanes) is 1. The maximum atomic E-state index is 5.48. The number of anilines is 1. The summed E-state index contributed by atoms with van der Waals surface area (Å²) in [5.41, 5.74) is 0. The summed E-state index contributed by atoms with van der Waals surface area (Å²) in [5, 5.41) is 6.83. The Hall–Kier alpha value is -2.29. The van der Waals surface area contributed by atoms with Gasteiger partial charge >= 0.3 is 6.01 Å². The fraction of sp³-hybridized carbons (Fsp3) is 0.583. The molecule has 114 valence electrons. The van der Waals surface area contributed by atoms with Gasteiger partial charge in [0.15, 0.2) is 0 Å². The first-order chi connectivity index (χ1) is 10.3. The summed E-state index contributed by atoms with van der Waals surface area (Å²) < 4.78 is 12.3. The predicted molar refractivity (Wildman–Crippen MR) is 75.5 cm³/mol. The van der Waals surface area contributed by atoms with E-state index in [1.165, 1.54) is 17.3 Å². The van der Waals surface area contributed by atoms with Crippen molar-refractivity contribution in [1.29, 1.82) is 0 Å². The highest BCUT2D eigenvalue weighted by molar-refractivity contribution is 5.28. The van der Waals surface area contributed by atoms with Gasteiger partial charge in [-0.2, -0.15) is 24.7 Å². The molecule has 2 rings (SSSR count). The number of hydrogen-bond acceptors (Lipinski definition) is 8. The molecule has 2 heterocycles. The molecule has 2 aromatic heterocycles. The average Bonchev–Trinajstić information content (AvgIpc) is 3.05. The molecular formula is C12H19N7O2. The van der Waals surface area contributed by atoms with E-state index in [2.05, 4.69) is 37.3 Å². The van der Waals surface area contributed by atoms with E-state index in [9.17, 15) is 0 Å². The van der Waals surface area contributed by atoms with Crippen molar-refractivity contribution < 1.29 is 9.47 Å². The van der Waals surface area contributed by atoms with E-state index in [4.69, 9.17) is 9.47 Å². The molecule has 0 saturated heterocycles. The number of ether oxygens (including phenoxy) is 2. The largest absolute Gasteiger partial charge is 0.461 e. The van der Waals surface area contributed by atoms with Gasteiger partial charge < -0.3 is 14.8 Å².